The Kier molecular flexibility index (Phi) is 4.75. The SMILES string of the molecule is COC(=O)C(CC(C)C)NC(=O)c1ccoc1. The van der Waals surface area contributed by atoms with Crippen molar-refractivity contribution in [1.82, 2.24) is 5.32 Å². The van der Waals surface area contributed by atoms with Crippen molar-refractivity contribution in [2.75, 3.05) is 7.11 Å². The zero-order valence-corrected chi connectivity index (χ0v) is 10.2. The van der Waals surface area contributed by atoms with Gasteiger partial charge >= 0.3 is 5.97 Å². The van der Waals surface area contributed by atoms with Crippen LogP contribution in [0.25, 0.3) is 0 Å². The quantitative estimate of drug-likeness (QED) is 0.792. The Labute approximate surface area is 100 Å². The molecule has 1 atom stereocenters. The summed E-state index contributed by atoms with van der Waals surface area (Å²) in [6.45, 7) is 3.94. The van der Waals surface area contributed by atoms with Crippen molar-refractivity contribution < 1.29 is 18.7 Å². The molecule has 0 spiro atoms. The summed E-state index contributed by atoms with van der Waals surface area (Å²) in [4.78, 5) is 23.2. The number of hydrogen-bond donors (Lipinski definition) is 1. The Morgan fingerprint density at radius 1 is 1.47 bits per heavy atom. The lowest BCUT2D eigenvalue weighted by Gasteiger charge is -2.17. The van der Waals surface area contributed by atoms with E-state index >= 15 is 0 Å². The minimum atomic E-state index is -0.623. The molecule has 1 N–H and O–H groups in total. The van der Waals surface area contributed by atoms with E-state index in [-0.39, 0.29) is 11.8 Å². The molecule has 1 heterocycles. The van der Waals surface area contributed by atoms with Crippen LogP contribution in [0.5, 0.6) is 0 Å². The Hall–Kier alpha value is -1.78. The average molecular weight is 239 g/mol. The average Bonchev–Trinajstić information content (AvgIpc) is 2.79. The minimum absolute atomic E-state index is 0.281. The zero-order chi connectivity index (χ0) is 12.8. The van der Waals surface area contributed by atoms with Crippen molar-refractivity contribution in [1.29, 1.82) is 0 Å². The van der Waals surface area contributed by atoms with E-state index in [1.54, 1.807) is 6.07 Å². The normalized spacial score (nSPS) is 12.2. The number of ether oxygens (including phenoxy) is 1. The second kappa shape index (κ2) is 6.08. The summed E-state index contributed by atoms with van der Waals surface area (Å²) in [7, 11) is 1.31. The third-order valence-corrected chi connectivity index (χ3v) is 2.28. The second-order valence-corrected chi connectivity index (χ2v) is 4.19. The van der Waals surface area contributed by atoms with Gasteiger partial charge in [0.25, 0.3) is 5.91 Å². The van der Waals surface area contributed by atoms with Crippen LogP contribution in [-0.4, -0.2) is 25.0 Å². The Balaban J connectivity index is 2.66. The highest BCUT2D eigenvalue weighted by molar-refractivity contribution is 5.96. The third kappa shape index (κ3) is 3.94. The van der Waals surface area contributed by atoms with Gasteiger partial charge in [-0.2, -0.15) is 0 Å². The number of nitrogens with one attached hydrogen (secondary N) is 1. The van der Waals surface area contributed by atoms with Crippen LogP contribution in [0.2, 0.25) is 0 Å². The molecule has 0 fully saturated rings. The standard InChI is InChI=1S/C12H17NO4/c1-8(2)6-10(12(15)16-3)13-11(14)9-4-5-17-7-9/h4-5,7-8,10H,6H2,1-3H3,(H,13,14). The van der Waals surface area contributed by atoms with Gasteiger partial charge in [0.1, 0.15) is 12.3 Å². The molecule has 17 heavy (non-hydrogen) atoms. The van der Waals surface area contributed by atoms with Crippen LogP contribution >= 0.6 is 0 Å². The van der Waals surface area contributed by atoms with Gasteiger partial charge in [-0.05, 0) is 18.4 Å². The molecule has 1 aromatic rings. The maximum Gasteiger partial charge on any atom is 0.328 e. The maximum absolute atomic E-state index is 11.7. The number of rotatable bonds is 5. The van der Waals surface area contributed by atoms with Crippen LogP contribution in [0, 0.1) is 5.92 Å². The molecule has 5 heteroatoms. The predicted molar refractivity (Wildman–Crippen MR) is 61.4 cm³/mol. The molecule has 0 aliphatic rings. The van der Waals surface area contributed by atoms with Crippen LogP contribution < -0.4 is 5.32 Å². The Morgan fingerprint density at radius 2 is 2.18 bits per heavy atom. The number of methoxy groups -OCH3 is 1. The van der Waals surface area contributed by atoms with Crippen LogP contribution in [0.4, 0.5) is 0 Å². The number of esters is 1. The van der Waals surface area contributed by atoms with E-state index in [1.165, 1.54) is 19.6 Å². The van der Waals surface area contributed by atoms with E-state index in [9.17, 15) is 9.59 Å². The monoisotopic (exact) mass is 239 g/mol. The summed E-state index contributed by atoms with van der Waals surface area (Å²) in [6.07, 6.45) is 3.28. The van der Waals surface area contributed by atoms with Gasteiger partial charge in [-0.15, -0.1) is 0 Å². The van der Waals surface area contributed by atoms with Crippen molar-refractivity contribution >= 4 is 11.9 Å². The molecule has 5 nitrogen and oxygen atoms in total. The molecule has 0 saturated carbocycles. The summed E-state index contributed by atoms with van der Waals surface area (Å²) in [5, 5.41) is 2.63. The summed E-state index contributed by atoms with van der Waals surface area (Å²) in [5.74, 6) is -0.492. The van der Waals surface area contributed by atoms with Gasteiger partial charge in [-0.3, -0.25) is 4.79 Å². The second-order valence-electron chi connectivity index (χ2n) is 4.19. The van der Waals surface area contributed by atoms with Crippen molar-refractivity contribution in [3.05, 3.63) is 24.2 Å². The molecule has 1 rings (SSSR count). The Bertz CT molecular complexity index is 370. The molecule has 1 amide bonds. The Morgan fingerprint density at radius 3 is 2.65 bits per heavy atom. The van der Waals surface area contributed by atoms with E-state index in [0.717, 1.165) is 0 Å². The van der Waals surface area contributed by atoms with Crippen LogP contribution in [0.1, 0.15) is 30.6 Å². The topological polar surface area (TPSA) is 68.5 Å². The van der Waals surface area contributed by atoms with Crippen molar-refractivity contribution in [2.45, 2.75) is 26.3 Å². The van der Waals surface area contributed by atoms with E-state index in [4.69, 9.17) is 4.42 Å². The fourth-order valence-corrected chi connectivity index (χ4v) is 1.46. The smallest absolute Gasteiger partial charge is 0.328 e. The molecule has 1 aromatic heterocycles. The fraction of sp³-hybridized carbons (Fsp3) is 0.500. The van der Waals surface area contributed by atoms with Gasteiger partial charge in [0.05, 0.1) is 18.9 Å². The zero-order valence-electron chi connectivity index (χ0n) is 10.2. The van der Waals surface area contributed by atoms with Gasteiger partial charge in [0, 0.05) is 0 Å². The maximum atomic E-state index is 11.7. The first-order chi connectivity index (χ1) is 8.04. The van der Waals surface area contributed by atoms with Gasteiger partial charge in [0.15, 0.2) is 0 Å². The molecule has 0 aliphatic carbocycles. The van der Waals surface area contributed by atoms with E-state index in [2.05, 4.69) is 10.1 Å². The summed E-state index contributed by atoms with van der Waals surface area (Å²) in [5.41, 5.74) is 0.391. The number of hydrogen-bond acceptors (Lipinski definition) is 4. The first-order valence-electron chi connectivity index (χ1n) is 5.45. The molecule has 0 radical (unpaired) electrons. The first-order valence-corrected chi connectivity index (χ1v) is 5.45. The summed E-state index contributed by atoms with van der Waals surface area (Å²) >= 11 is 0. The molecule has 1 unspecified atom stereocenters. The van der Waals surface area contributed by atoms with Crippen molar-refractivity contribution in [2.24, 2.45) is 5.92 Å². The highest BCUT2D eigenvalue weighted by Crippen LogP contribution is 2.08. The minimum Gasteiger partial charge on any atom is -0.472 e. The summed E-state index contributed by atoms with van der Waals surface area (Å²) < 4.78 is 9.46. The number of amides is 1. The highest BCUT2D eigenvalue weighted by atomic mass is 16.5. The van der Waals surface area contributed by atoms with Gasteiger partial charge in [-0.1, -0.05) is 13.8 Å². The molecule has 94 valence electrons. The number of carbonyl (C=O) groups is 2. The molecular formula is C12H17NO4. The molecule has 0 aliphatic heterocycles. The molecule has 0 saturated heterocycles. The lowest BCUT2D eigenvalue weighted by atomic mass is 10.0. The molecular weight excluding hydrogens is 222 g/mol. The largest absolute Gasteiger partial charge is 0.472 e. The van der Waals surface area contributed by atoms with Crippen LogP contribution in [-0.2, 0) is 9.53 Å². The fourth-order valence-electron chi connectivity index (χ4n) is 1.46. The van der Waals surface area contributed by atoms with Crippen LogP contribution in [0.3, 0.4) is 0 Å². The number of furan rings is 1. The van der Waals surface area contributed by atoms with Crippen LogP contribution in [0.15, 0.2) is 23.0 Å². The van der Waals surface area contributed by atoms with Crippen molar-refractivity contribution in [3.8, 4) is 0 Å². The predicted octanol–water partition coefficient (Wildman–Crippen LogP) is 1.60. The lowest BCUT2D eigenvalue weighted by Crippen LogP contribution is -2.42. The lowest BCUT2D eigenvalue weighted by molar-refractivity contribution is -0.143. The van der Waals surface area contributed by atoms with E-state index in [0.29, 0.717) is 12.0 Å². The number of carbonyl (C=O) groups excluding carboxylic acids is 2. The van der Waals surface area contributed by atoms with E-state index < -0.39 is 12.0 Å². The van der Waals surface area contributed by atoms with Gasteiger partial charge in [0.2, 0.25) is 0 Å². The highest BCUT2D eigenvalue weighted by Gasteiger charge is 2.23. The van der Waals surface area contributed by atoms with E-state index in [1.807, 2.05) is 13.8 Å². The van der Waals surface area contributed by atoms with Crippen molar-refractivity contribution in [3.63, 3.8) is 0 Å². The first kappa shape index (κ1) is 13.3. The van der Waals surface area contributed by atoms with Gasteiger partial charge in [-0.25, -0.2) is 4.79 Å². The molecule has 0 bridgehead atoms. The van der Waals surface area contributed by atoms with Gasteiger partial charge < -0.3 is 14.5 Å². The third-order valence-electron chi connectivity index (χ3n) is 2.28. The summed E-state index contributed by atoms with van der Waals surface area (Å²) in [6, 6.07) is 0.918. The molecule has 0 aromatic carbocycles.